The summed E-state index contributed by atoms with van der Waals surface area (Å²) in [7, 11) is 0. The third-order valence-corrected chi connectivity index (χ3v) is 3.69. The normalized spacial score (nSPS) is 10.6. The molecule has 0 saturated carbocycles. The van der Waals surface area contributed by atoms with E-state index in [1.54, 1.807) is 18.2 Å². The zero-order chi connectivity index (χ0) is 16.8. The Morgan fingerprint density at radius 1 is 1.09 bits per heavy atom. The van der Waals surface area contributed by atoms with Gasteiger partial charge in [-0.25, -0.2) is 8.78 Å². The van der Waals surface area contributed by atoms with Crippen molar-refractivity contribution in [2.45, 2.75) is 6.42 Å². The van der Waals surface area contributed by atoms with Gasteiger partial charge in [-0.15, -0.1) is 0 Å². The van der Waals surface area contributed by atoms with Crippen molar-refractivity contribution in [2.24, 2.45) is 0 Å². The molecule has 1 amide bonds. The lowest BCUT2D eigenvalue weighted by atomic mass is 10.1. The molecule has 3 nitrogen and oxygen atoms in total. The van der Waals surface area contributed by atoms with Gasteiger partial charge in [0.05, 0.1) is 6.54 Å². The number of rotatable bonds is 6. The zero-order valence-corrected chi connectivity index (χ0v) is 13.5. The Bertz CT molecular complexity index is 690. The van der Waals surface area contributed by atoms with Crippen LogP contribution in [0.15, 0.2) is 36.4 Å². The van der Waals surface area contributed by atoms with Crippen LogP contribution >= 0.6 is 23.2 Å². The molecule has 2 rings (SSSR count). The van der Waals surface area contributed by atoms with Gasteiger partial charge in [0.15, 0.2) is 0 Å². The maximum atomic E-state index is 13.4. The Morgan fingerprint density at radius 2 is 1.78 bits per heavy atom. The zero-order valence-electron chi connectivity index (χ0n) is 12.0. The van der Waals surface area contributed by atoms with Crippen LogP contribution in [0.2, 0.25) is 10.0 Å². The van der Waals surface area contributed by atoms with Gasteiger partial charge in [0.25, 0.3) is 0 Å². The van der Waals surface area contributed by atoms with Crippen molar-refractivity contribution in [1.29, 1.82) is 0 Å². The average Bonchev–Trinajstić information content (AvgIpc) is 2.49. The Kier molecular flexibility index (Phi) is 6.33. The van der Waals surface area contributed by atoms with Crippen LogP contribution in [-0.2, 0) is 11.2 Å². The maximum Gasteiger partial charge on any atom is 0.238 e. The third kappa shape index (κ3) is 5.16. The average molecular weight is 359 g/mol. The molecule has 7 heteroatoms. The summed E-state index contributed by atoms with van der Waals surface area (Å²) in [6.45, 7) is 0.410. The number of carbonyl (C=O) groups is 1. The summed E-state index contributed by atoms with van der Waals surface area (Å²) in [5.74, 6) is -2.16. The van der Waals surface area contributed by atoms with Crippen molar-refractivity contribution in [3.63, 3.8) is 0 Å². The smallest absolute Gasteiger partial charge is 0.238 e. The van der Waals surface area contributed by atoms with Gasteiger partial charge in [-0.2, -0.15) is 0 Å². The van der Waals surface area contributed by atoms with Crippen molar-refractivity contribution in [3.8, 4) is 0 Å². The molecule has 0 fully saturated rings. The minimum Gasteiger partial charge on any atom is -0.320 e. The molecule has 0 aliphatic heterocycles. The molecule has 0 spiro atoms. The quantitative estimate of drug-likeness (QED) is 0.765. The number of benzene rings is 2. The van der Waals surface area contributed by atoms with Gasteiger partial charge < -0.3 is 10.6 Å². The van der Waals surface area contributed by atoms with E-state index in [0.717, 1.165) is 17.7 Å². The topological polar surface area (TPSA) is 41.1 Å². The first-order valence-electron chi connectivity index (χ1n) is 6.86. The van der Waals surface area contributed by atoms with Crippen LogP contribution in [0.3, 0.4) is 0 Å². The molecule has 0 atom stereocenters. The Morgan fingerprint density at radius 3 is 2.43 bits per heavy atom. The number of para-hydroxylation sites is 1. The monoisotopic (exact) mass is 358 g/mol. The third-order valence-electron chi connectivity index (χ3n) is 3.10. The highest BCUT2D eigenvalue weighted by atomic mass is 35.5. The number of hydrogen-bond donors (Lipinski definition) is 2. The molecule has 0 radical (unpaired) electrons. The van der Waals surface area contributed by atoms with Crippen LogP contribution in [0.4, 0.5) is 14.5 Å². The molecular formula is C16H14Cl2F2N2O. The minimum atomic E-state index is -0.814. The van der Waals surface area contributed by atoms with Crippen molar-refractivity contribution in [1.82, 2.24) is 5.32 Å². The predicted octanol–water partition coefficient (Wildman–Crippen LogP) is 4.04. The summed E-state index contributed by atoms with van der Waals surface area (Å²) in [5.41, 5.74) is 0.448. The highest BCUT2D eigenvalue weighted by molar-refractivity contribution is 6.35. The van der Waals surface area contributed by atoms with Crippen LogP contribution in [0.5, 0.6) is 0 Å². The molecule has 0 heterocycles. The summed E-state index contributed by atoms with van der Waals surface area (Å²) < 4.78 is 26.8. The highest BCUT2D eigenvalue weighted by Gasteiger charge is 2.11. The van der Waals surface area contributed by atoms with Gasteiger partial charge in [-0.3, -0.25) is 4.79 Å². The largest absolute Gasteiger partial charge is 0.320 e. The van der Waals surface area contributed by atoms with Gasteiger partial charge in [0, 0.05) is 10.0 Å². The fourth-order valence-corrected chi connectivity index (χ4v) is 2.45. The Balaban J connectivity index is 1.79. The number of amides is 1. The van der Waals surface area contributed by atoms with Gasteiger partial charge in [-0.1, -0.05) is 35.3 Å². The number of halogens is 4. The van der Waals surface area contributed by atoms with Gasteiger partial charge in [0.2, 0.25) is 5.91 Å². The van der Waals surface area contributed by atoms with Crippen LogP contribution in [0.1, 0.15) is 5.56 Å². The number of nitrogens with one attached hydrogen (secondary N) is 2. The fraction of sp³-hybridized carbons (Fsp3) is 0.188. The van der Waals surface area contributed by atoms with Gasteiger partial charge in [-0.05, 0) is 42.8 Å². The molecule has 122 valence electrons. The lowest BCUT2D eigenvalue weighted by Crippen LogP contribution is -2.30. The summed E-state index contributed by atoms with van der Waals surface area (Å²) >= 11 is 11.8. The standard InChI is InChI=1S/C16H14Cl2F2N2O/c17-11-5-4-10(12(18)8-11)6-7-21-9-15(23)22-16-13(19)2-1-3-14(16)20/h1-5,8,21H,6-7,9H2,(H,22,23). The van der Waals surface area contributed by atoms with E-state index in [9.17, 15) is 13.6 Å². The molecule has 0 aromatic heterocycles. The molecule has 2 aromatic carbocycles. The van der Waals surface area contributed by atoms with Gasteiger partial charge >= 0.3 is 0 Å². The van der Waals surface area contributed by atoms with Crippen molar-refractivity contribution >= 4 is 34.8 Å². The van der Waals surface area contributed by atoms with Crippen LogP contribution < -0.4 is 10.6 Å². The summed E-state index contributed by atoms with van der Waals surface area (Å²) in [6.07, 6.45) is 0.595. The molecule has 0 aliphatic rings. The first-order chi connectivity index (χ1) is 11.0. The van der Waals surface area contributed by atoms with Crippen molar-refractivity contribution in [3.05, 3.63) is 63.6 Å². The molecular weight excluding hydrogens is 345 g/mol. The summed E-state index contributed by atoms with van der Waals surface area (Å²) in [5, 5.41) is 6.19. The molecule has 0 unspecified atom stereocenters. The van der Waals surface area contributed by atoms with E-state index in [4.69, 9.17) is 23.2 Å². The lowest BCUT2D eigenvalue weighted by molar-refractivity contribution is -0.115. The lowest BCUT2D eigenvalue weighted by Gasteiger charge is -2.09. The highest BCUT2D eigenvalue weighted by Crippen LogP contribution is 2.21. The van der Waals surface area contributed by atoms with E-state index in [0.29, 0.717) is 23.0 Å². The second-order valence-electron chi connectivity index (χ2n) is 4.81. The summed E-state index contributed by atoms with van der Waals surface area (Å²) in [4.78, 5) is 11.7. The van der Waals surface area contributed by atoms with E-state index in [1.165, 1.54) is 6.07 Å². The van der Waals surface area contributed by atoms with Gasteiger partial charge in [0.1, 0.15) is 17.3 Å². The Hall–Kier alpha value is -1.69. The molecule has 0 saturated heterocycles. The fourth-order valence-electron chi connectivity index (χ4n) is 1.95. The van der Waals surface area contributed by atoms with E-state index >= 15 is 0 Å². The van der Waals surface area contributed by atoms with Crippen LogP contribution in [0, 0.1) is 11.6 Å². The molecule has 2 aromatic rings. The van der Waals surface area contributed by atoms with Crippen LogP contribution in [-0.4, -0.2) is 19.0 Å². The van der Waals surface area contributed by atoms with E-state index in [1.807, 2.05) is 0 Å². The van der Waals surface area contributed by atoms with Crippen molar-refractivity contribution < 1.29 is 13.6 Å². The SMILES string of the molecule is O=C(CNCCc1ccc(Cl)cc1Cl)Nc1c(F)cccc1F. The number of anilines is 1. The first kappa shape index (κ1) is 17.7. The maximum absolute atomic E-state index is 13.4. The Labute approximate surface area is 142 Å². The summed E-state index contributed by atoms with van der Waals surface area (Å²) in [6, 6.07) is 8.57. The van der Waals surface area contributed by atoms with Crippen molar-refractivity contribution in [2.75, 3.05) is 18.4 Å². The van der Waals surface area contributed by atoms with E-state index in [2.05, 4.69) is 10.6 Å². The molecule has 0 aliphatic carbocycles. The first-order valence-corrected chi connectivity index (χ1v) is 7.61. The van der Waals surface area contributed by atoms with E-state index in [-0.39, 0.29) is 6.54 Å². The number of hydrogen-bond acceptors (Lipinski definition) is 2. The second kappa shape index (κ2) is 8.24. The molecule has 2 N–H and O–H groups in total. The second-order valence-corrected chi connectivity index (χ2v) is 5.65. The molecule has 0 bridgehead atoms. The molecule has 23 heavy (non-hydrogen) atoms. The van der Waals surface area contributed by atoms with Crippen LogP contribution in [0.25, 0.3) is 0 Å². The minimum absolute atomic E-state index is 0.0705. The van der Waals surface area contributed by atoms with E-state index < -0.39 is 23.2 Å². The predicted molar refractivity (Wildman–Crippen MR) is 88.0 cm³/mol. The number of carbonyl (C=O) groups excluding carboxylic acids is 1.